The van der Waals surface area contributed by atoms with Crippen molar-refractivity contribution in [3.05, 3.63) is 58.9 Å². The van der Waals surface area contributed by atoms with E-state index in [0.717, 1.165) is 21.8 Å². The number of carbonyl (C=O) groups excluding carboxylic acids is 1. The first-order valence-corrected chi connectivity index (χ1v) is 8.99. The molecular weight excluding hydrogens is 363 g/mol. The molecule has 1 N–H and O–H groups in total. The van der Waals surface area contributed by atoms with Crippen molar-refractivity contribution in [2.45, 2.75) is 12.3 Å². The molecule has 3 aromatic rings. The summed E-state index contributed by atoms with van der Waals surface area (Å²) in [7, 11) is 0. The molecule has 0 radical (unpaired) electrons. The normalized spacial score (nSPS) is 12.0. The minimum Gasteiger partial charge on any atom is -0.325 e. The average Bonchev–Trinajstić information content (AvgIpc) is 3.06. The van der Waals surface area contributed by atoms with Gasteiger partial charge in [0.25, 0.3) is 0 Å². The third-order valence-electron chi connectivity index (χ3n) is 3.40. The predicted molar refractivity (Wildman–Crippen MR) is 102 cm³/mol. The van der Waals surface area contributed by atoms with Crippen LogP contribution >= 0.6 is 34.5 Å². The van der Waals surface area contributed by atoms with Crippen LogP contribution in [0.1, 0.15) is 6.92 Å². The molecule has 0 bridgehead atoms. The number of thiazole rings is 1. The molecule has 0 fully saturated rings. The van der Waals surface area contributed by atoms with E-state index in [1.807, 2.05) is 53.9 Å². The molecule has 0 saturated heterocycles. The molecule has 0 spiro atoms. The summed E-state index contributed by atoms with van der Waals surface area (Å²) < 4.78 is 0. The zero-order chi connectivity index (χ0) is 17.1. The molecule has 1 atom stereocenters. The Bertz CT molecular complexity index is 842. The van der Waals surface area contributed by atoms with E-state index in [1.54, 1.807) is 18.3 Å². The molecule has 122 valence electrons. The molecule has 0 aliphatic heterocycles. The van der Waals surface area contributed by atoms with Crippen LogP contribution in [0.25, 0.3) is 21.8 Å². The van der Waals surface area contributed by atoms with Crippen LogP contribution in [0.2, 0.25) is 5.02 Å². The Balaban J connectivity index is 1.78. The number of hydrogen-bond donors (Lipinski definition) is 1. The van der Waals surface area contributed by atoms with Crippen LogP contribution in [-0.2, 0) is 4.79 Å². The maximum atomic E-state index is 11.6. The van der Waals surface area contributed by atoms with Gasteiger partial charge in [-0.3, -0.25) is 4.79 Å². The predicted octanol–water partition coefficient (Wildman–Crippen LogP) is 5.70. The summed E-state index contributed by atoms with van der Waals surface area (Å²) in [5, 5.41) is 5.85. The Morgan fingerprint density at radius 1 is 1.08 bits per heavy atom. The van der Waals surface area contributed by atoms with Gasteiger partial charge >= 0.3 is 0 Å². The zero-order valence-corrected chi connectivity index (χ0v) is 15.1. The van der Waals surface area contributed by atoms with Crippen LogP contribution in [0.4, 0.5) is 5.69 Å². The van der Waals surface area contributed by atoms with E-state index in [-0.39, 0.29) is 5.91 Å². The first-order valence-electron chi connectivity index (χ1n) is 7.30. The molecule has 1 amide bonds. The van der Waals surface area contributed by atoms with E-state index >= 15 is 0 Å². The highest BCUT2D eigenvalue weighted by Gasteiger charge is 2.10. The summed E-state index contributed by atoms with van der Waals surface area (Å²) >= 11 is 13.2. The van der Waals surface area contributed by atoms with Gasteiger partial charge in [-0.15, -0.1) is 22.9 Å². The first kappa shape index (κ1) is 17.0. The van der Waals surface area contributed by atoms with Crippen LogP contribution in [-0.4, -0.2) is 16.3 Å². The number of benzene rings is 2. The minimum atomic E-state index is -0.565. The van der Waals surface area contributed by atoms with Crippen molar-refractivity contribution in [1.29, 1.82) is 0 Å². The Morgan fingerprint density at radius 3 is 2.33 bits per heavy atom. The van der Waals surface area contributed by atoms with Crippen molar-refractivity contribution >= 4 is 46.1 Å². The fraction of sp³-hybridized carbons (Fsp3) is 0.111. The van der Waals surface area contributed by atoms with Gasteiger partial charge in [0.1, 0.15) is 10.4 Å². The van der Waals surface area contributed by atoms with Crippen LogP contribution in [0.15, 0.2) is 53.9 Å². The highest BCUT2D eigenvalue weighted by Crippen LogP contribution is 2.30. The van der Waals surface area contributed by atoms with Crippen LogP contribution in [0.5, 0.6) is 0 Å². The van der Waals surface area contributed by atoms with Gasteiger partial charge in [0.05, 0.1) is 5.69 Å². The van der Waals surface area contributed by atoms with Gasteiger partial charge in [-0.2, -0.15) is 0 Å². The second-order valence-electron chi connectivity index (χ2n) is 5.23. The van der Waals surface area contributed by atoms with Gasteiger partial charge in [-0.25, -0.2) is 4.98 Å². The largest absolute Gasteiger partial charge is 0.325 e. The maximum absolute atomic E-state index is 11.6. The number of hydrogen-bond acceptors (Lipinski definition) is 3. The molecule has 1 aromatic heterocycles. The molecule has 3 nitrogen and oxygen atoms in total. The third-order valence-corrected chi connectivity index (χ3v) is 4.75. The summed E-state index contributed by atoms with van der Waals surface area (Å²) in [6.45, 7) is 1.64. The summed E-state index contributed by atoms with van der Waals surface area (Å²) in [5.74, 6) is -0.219. The van der Waals surface area contributed by atoms with E-state index in [0.29, 0.717) is 10.7 Å². The number of nitrogens with one attached hydrogen (secondary N) is 1. The Labute approximate surface area is 154 Å². The second-order valence-corrected chi connectivity index (χ2v) is 7.18. The summed E-state index contributed by atoms with van der Waals surface area (Å²) in [6.07, 6.45) is 0. The summed E-state index contributed by atoms with van der Waals surface area (Å²) in [6, 6.07) is 15.2. The quantitative estimate of drug-likeness (QED) is 0.593. The van der Waals surface area contributed by atoms with E-state index in [1.165, 1.54) is 0 Å². The number of anilines is 1. The fourth-order valence-corrected chi connectivity index (χ4v) is 3.11. The Morgan fingerprint density at radius 2 is 1.71 bits per heavy atom. The van der Waals surface area contributed by atoms with Gasteiger partial charge in [0.2, 0.25) is 5.91 Å². The standard InChI is InChI=1S/C18H14Cl2N2OS/c1-11(19)17(23)21-15-8-4-12(5-9-15)16-10-24-18(22-16)13-2-6-14(20)7-3-13/h2-11H,1H3,(H,21,23). The average molecular weight is 377 g/mol. The number of carbonyl (C=O) groups is 1. The fourth-order valence-electron chi connectivity index (χ4n) is 2.10. The first-order chi connectivity index (χ1) is 11.5. The lowest BCUT2D eigenvalue weighted by atomic mass is 10.1. The molecule has 1 heterocycles. The van der Waals surface area contributed by atoms with Crippen molar-refractivity contribution in [1.82, 2.24) is 4.98 Å². The van der Waals surface area contributed by atoms with Gasteiger partial charge in [0, 0.05) is 27.2 Å². The Hall–Kier alpha value is -1.88. The second kappa shape index (κ2) is 7.34. The van der Waals surface area contributed by atoms with Gasteiger partial charge in [-0.1, -0.05) is 35.9 Å². The molecular formula is C18H14Cl2N2OS. The number of aromatic nitrogens is 1. The lowest BCUT2D eigenvalue weighted by Gasteiger charge is -2.06. The van der Waals surface area contributed by atoms with Crippen molar-refractivity contribution in [3.8, 4) is 21.8 Å². The number of amides is 1. The highest BCUT2D eigenvalue weighted by atomic mass is 35.5. The van der Waals surface area contributed by atoms with Crippen molar-refractivity contribution in [2.24, 2.45) is 0 Å². The van der Waals surface area contributed by atoms with E-state index in [9.17, 15) is 4.79 Å². The molecule has 2 aromatic carbocycles. The third kappa shape index (κ3) is 3.96. The van der Waals surface area contributed by atoms with Gasteiger partial charge < -0.3 is 5.32 Å². The maximum Gasteiger partial charge on any atom is 0.242 e. The molecule has 3 rings (SSSR count). The van der Waals surface area contributed by atoms with Crippen molar-refractivity contribution < 1.29 is 4.79 Å². The zero-order valence-electron chi connectivity index (χ0n) is 12.8. The topological polar surface area (TPSA) is 42.0 Å². The molecule has 0 saturated carbocycles. The summed E-state index contributed by atoms with van der Waals surface area (Å²) in [5.41, 5.74) is 3.64. The molecule has 6 heteroatoms. The lowest BCUT2D eigenvalue weighted by Crippen LogP contribution is -2.20. The van der Waals surface area contributed by atoms with Crippen molar-refractivity contribution in [3.63, 3.8) is 0 Å². The SMILES string of the molecule is CC(Cl)C(=O)Nc1ccc(-c2csc(-c3ccc(Cl)cc3)n2)cc1. The monoisotopic (exact) mass is 376 g/mol. The van der Waals surface area contributed by atoms with E-state index < -0.39 is 5.38 Å². The number of rotatable bonds is 4. The molecule has 0 aliphatic carbocycles. The number of halogens is 2. The smallest absolute Gasteiger partial charge is 0.242 e. The van der Waals surface area contributed by atoms with Crippen molar-refractivity contribution in [2.75, 3.05) is 5.32 Å². The number of nitrogens with zero attached hydrogens (tertiary/aromatic N) is 1. The summed E-state index contributed by atoms with van der Waals surface area (Å²) in [4.78, 5) is 16.3. The molecule has 0 aliphatic rings. The molecule has 1 unspecified atom stereocenters. The van der Waals surface area contributed by atoms with Gasteiger partial charge in [-0.05, 0) is 31.2 Å². The van der Waals surface area contributed by atoms with Crippen LogP contribution < -0.4 is 5.32 Å². The highest BCUT2D eigenvalue weighted by molar-refractivity contribution is 7.13. The van der Waals surface area contributed by atoms with Crippen LogP contribution in [0.3, 0.4) is 0 Å². The van der Waals surface area contributed by atoms with E-state index in [2.05, 4.69) is 10.3 Å². The Kier molecular flexibility index (Phi) is 5.19. The minimum absolute atomic E-state index is 0.219. The number of alkyl halides is 1. The van der Waals surface area contributed by atoms with Crippen LogP contribution in [0, 0.1) is 0 Å². The molecule has 24 heavy (non-hydrogen) atoms. The van der Waals surface area contributed by atoms with E-state index in [4.69, 9.17) is 23.2 Å². The van der Waals surface area contributed by atoms with Gasteiger partial charge in [0.15, 0.2) is 0 Å². The lowest BCUT2D eigenvalue weighted by molar-refractivity contribution is -0.115.